The van der Waals surface area contributed by atoms with Gasteiger partial charge in [0.25, 0.3) is 5.91 Å². The van der Waals surface area contributed by atoms with Crippen molar-refractivity contribution < 1.29 is 13.9 Å². The van der Waals surface area contributed by atoms with E-state index in [-0.39, 0.29) is 31.0 Å². The summed E-state index contributed by atoms with van der Waals surface area (Å²) in [7, 11) is 0. The van der Waals surface area contributed by atoms with Crippen LogP contribution in [0.1, 0.15) is 36.0 Å². The minimum absolute atomic E-state index is 0. The second-order valence-electron chi connectivity index (χ2n) is 6.71. The first-order valence-corrected chi connectivity index (χ1v) is 9.37. The molecular weight excluding hydrogens is 387 g/mol. The lowest BCUT2D eigenvalue weighted by molar-refractivity contribution is -0.123. The first-order chi connectivity index (χ1) is 12.5. The fourth-order valence-electron chi connectivity index (χ4n) is 3.21. The molecule has 1 N–H and O–H groups in total. The van der Waals surface area contributed by atoms with Crippen LogP contribution >= 0.6 is 24.0 Å². The summed E-state index contributed by atoms with van der Waals surface area (Å²) in [6.07, 6.45) is 2.37. The minimum atomic E-state index is -0.148. The van der Waals surface area contributed by atoms with E-state index in [1.54, 1.807) is 12.1 Å². The van der Waals surface area contributed by atoms with Crippen molar-refractivity contribution >= 4 is 29.9 Å². The predicted octanol–water partition coefficient (Wildman–Crippen LogP) is 4.30. The summed E-state index contributed by atoms with van der Waals surface area (Å²) in [5.74, 6) is 2.28. The third-order valence-electron chi connectivity index (χ3n) is 4.66. The number of carbonyl (C=O) groups is 1. The van der Waals surface area contributed by atoms with Gasteiger partial charge in [0.1, 0.15) is 17.3 Å². The van der Waals surface area contributed by atoms with Crippen LogP contribution in [0.5, 0.6) is 5.75 Å². The molecule has 1 saturated heterocycles. The molecular formula is C20H26Cl2N2O3. The second kappa shape index (κ2) is 10.0. The van der Waals surface area contributed by atoms with Gasteiger partial charge in [-0.3, -0.25) is 9.69 Å². The van der Waals surface area contributed by atoms with Gasteiger partial charge in [0.2, 0.25) is 0 Å². The summed E-state index contributed by atoms with van der Waals surface area (Å²) in [5.41, 5.74) is 0.923. The van der Waals surface area contributed by atoms with Crippen LogP contribution in [0.4, 0.5) is 0 Å². The van der Waals surface area contributed by atoms with Gasteiger partial charge < -0.3 is 14.5 Å². The first-order valence-electron chi connectivity index (χ1n) is 8.99. The Labute approximate surface area is 171 Å². The van der Waals surface area contributed by atoms with Crippen molar-refractivity contribution in [2.75, 3.05) is 26.2 Å². The van der Waals surface area contributed by atoms with Gasteiger partial charge in [0, 0.05) is 11.6 Å². The van der Waals surface area contributed by atoms with Crippen molar-refractivity contribution in [3.8, 4) is 5.75 Å². The molecule has 27 heavy (non-hydrogen) atoms. The number of hydrogen-bond donors (Lipinski definition) is 1. The zero-order valence-electron chi connectivity index (χ0n) is 15.7. The number of rotatable bonds is 7. The van der Waals surface area contributed by atoms with Gasteiger partial charge in [0.15, 0.2) is 6.61 Å². The van der Waals surface area contributed by atoms with Gasteiger partial charge in [-0.1, -0.05) is 11.6 Å². The summed E-state index contributed by atoms with van der Waals surface area (Å²) in [6, 6.07) is 9.39. The lowest BCUT2D eigenvalue weighted by atomic mass is 10.2. The fraction of sp³-hybridized carbons (Fsp3) is 0.450. The van der Waals surface area contributed by atoms with Crippen molar-refractivity contribution in [1.82, 2.24) is 10.2 Å². The van der Waals surface area contributed by atoms with Crippen LogP contribution < -0.4 is 10.1 Å². The van der Waals surface area contributed by atoms with Crippen molar-refractivity contribution in [3.05, 3.63) is 52.4 Å². The SMILES string of the molecule is Cc1ccc(C(CNC(=O)COc2ccc(Cl)c(C)c2)N2CCCC2)o1.Cl. The van der Waals surface area contributed by atoms with Crippen molar-refractivity contribution in [1.29, 1.82) is 0 Å². The zero-order valence-corrected chi connectivity index (χ0v) is 17.2. The molecule has 7 heteroatoms. The molecule has 1 unspecified atom stereocenters. The standard InChI is InChI=1S/C20H25ClN2O3.ClH/c1-14-11-16(6-7-17(14)21)25-13-20(24)22-12-18(23-9-3-4-10-23)19-8-5-15(2)26-19;/h5-8,11,18H,3-4,9-10,12-13H2,1-2H3,(H,22,24);1H. The first kappa shape index (κ1) is 21.6. The summed E-state index contributed by atoms with van der Waals surface area (Å²) in [4.78, 5) is 14.6. The molecule has 0 radical (unpaired) electrons. The largest absolute Gasteiger partial charge is 0.484 e. The summed E-state index contributed by atoms with van der Waals surface area (Å²) in [6.45, 7) is 6.38. The maximum Gasteiger partial charge on any atom is 0.258 e. The van der Waals surface area contributed by atoms with E-state index in [1.165, 1.54) is 12.8 Å². The number of aryl methyl sites for hydroxylation is 2. The Morgan fingerprint density at radius 3 is 2.63 bits per heavy atom. The van der Waals surface area contributed by atoms with E-state index in [1.807, 2.05) is 32.0 Å². The minimum Gasteiger partial charge on any atom is -0.484 e. The molecule has 1 atom stereocenters. The predicted molar refractivity (Wildman–Crippen MR) is 109 cm³/mol. The van der Waals surface area contributed by atoms with Crippen LogP contribution in [-0.2, 0) is 4.79 Å². The maximum atomic E-state index is 12.2. The Hall–Kier alpha value is -1.69. The number of furan rings is 1. The van der Waals surface area contributed by atoms with Gasteiger partial charge in [0.05, 0.1) is 6.04 Å². The second-order valence-corrected chi connectivity index (χ2v) is 7.12. The van der Waals surface area contributed by atoms with Crippen molar-refractivity contribution in [3.63, 3.8) is 0 Å². The van der Waals surface area contributed by atoms with E-state index >= 15 is 0 Å². The van der Waals surface area contributed by atoms with E-state index in [4.69, 9.17) is 20.8 Å². The molecule has 1 amide bonds. The van der Waals surface area contributed by atoms with Crippen LogP contribution in [0.25, 0.3) is 0 Å². The van der Waals surface area contributed by atoms with Crippen molar-refractivity contribution in [2.24, 2.45) is 0 Å². The molecule has 3 rings (SSSR count). The molecule has 1 aromatic heterocycles. The smallest absolute Gasteiger partial charge is 0.258 e. The number of ether oxygens (including phenoxy) is 1. The van der Waals surface area contributed by atoms with Gasteiger partial charge in [-0.25, -0.2) is 0 Å². The highest BCUT2D eigenvalue weighted by atomic mass is 35.5. The normalized spacial score (nSPS) is 15.2. The number of hydrogen-bond acceptors (Lipinski definition) is 4. The summed E-state index contributed by atoms with van der Waals surface area (Å²) in [5, 5.41) is 3.66. The van der Waals surface area contributed by atoms with E-state index < -0.39 is 0 Å². The average Bonchev–Trinajstić information content (AvgIpc) is 3.29. The quantitative estimate of drug-likeness (QED) is 0.735. The fourth-order valence-corrected chi connectivity index (χ4v) is 3.33. The number of halogens is 2. The van der Waals surface area contributed by atoms with Crippen LogP contribution in [0.2, 0.25) is 5.02 Å². The Balaban J connectivity index is 0.00000261. The molecule has 2 aromatic rings. The number of likely N-dealkylation sites (tertiary alicyclic amines) is 1. The lowest BCUT2D eigenvalue weighted by Gasteiger charge is -2.26. The van der Waals surface area contributed by atoms with Crippen molar-refractivity contribution in [2.45, 2.75) is 32.7 Å². The number of carbonyl (C=O) groups excluding carboxylic acids is 1. The number of benzene rings is 1. The molecule has 1 aromatic carbocycles. The van der Waals surface area contributed by atoms with Gasteiger partial charge in [-0.2, -0.15) is 0 Å². The van der Waals surface area contributed by atoms with Crippen LogP contribution in [0.3, 0.4) is 0 Å². The van der Waals surface area contributed by atoms with Crippen LogP contribution in [-0.4, -0.2) is 37.0 Å². The van der Waals surface area contributed by atoms with Gasteiger partial charge in [-0.15, -0.1) is 12.4 Å². The lowest BCUT2D eigenvalue weighted by Crippen LogP contribution is -2.38. The molecule has 2 heterocycles. The van der Waals surface area contributed by atoms with E-state index in [9.17, 15) is 4.79 Å². The number of amides is 1. The molecule has 1 aliphatic heterocycles. The van der Waals surface area contributed by atoms with Crippen LogP contribution in [0.15, 0.2) is 34.7 Å². The molecule has 0 aliphatic carbocycles. The monoisotopic (exact) mass is 412 g/mol. The molecule has 0 spiro atoms. The van der Waals surface area contributed by atoms with Gasteiger partial charge >= 0.3 is 0 Å². The Bertz CT molecular complexity index is 757. The van der Waals surface area contributed by atoms with E-state index in [0.29, 0.717) is 17.3 Å². The third kappa shape index (κ3) is 5.89. The molecule has 1 aliphatic rings. The maximum absolute atomic E-state index is 12.2. The summed E-state index contributed by atoms with van der Waals surface area (Å²) >= 11 is 6.00. The third-order valence-corrected chi connectivity index (χ3v) is 5.09. The summed E-state index contributed by atoms with van der Waals surface area (Å²) < 4.78 is 11.4. The highest BCUT2D eigenvalue weighted by Crippen LogP contribution is 2.26. The highest BCUT2D eigenvalue weighted by Gasteiger charge is 2.26. The molecule has 1 fully saturated rings. The average molecular weight is 413 g/mol. The van der Waals surface area contributed by atoms with E-state index in [0.717, 1.165) is 30.2 Å². The number of nitrogens with zero attached hydrogens (tertiary/aromatic N) is 1. The Kier molecular flexibility index (Phi) is 8.02. The molecule has 5 nitrogen and oxygen atoms in total. The zero-order chi connectivity index (χ0) is 18.5. The van der Waals surface area contributed by atoms with E-state index in [2.05, 4.69) is 10.2 Å². The topological polar surface area (TPSA) is 54.7 Å². The molecule has 0 saturated carbocycles. The molecule has 0 bridgehead atoms. The highest BCUT2D eigenvalue weighted by molar-refractivity contribution is 6.31. The Morgan fingerprint density at radius 1 is 1.26 bits per heavy atom. The molecule has 148 valence electrons. The van der Waals surface area contributed by atoms with Crippen LogP contribution in [0, 0.1) is 13.8 Å². The number of nitrogens with one attached hydrogen (secondary N) is 1. The Morgan fingerprint density at radius 2 is 2.00 bits per heavy atom. The van der Waals surface area contributed by atoms with Gasteiger partial charge in [-0.05, 0) is 75.7 Å².